The van der Waals surface area contributed by atoms with Crippen LogP contribution in [0.5, 0.6) is 0 Å². The Labute approximate surface area is 104 Å². The van der Waals surface area contributed by atoms with Gasteiger partial charge in [0.25, 0.3) is 0 Å². The summed E-state index contributed by atoms with van der Waals surface area (Å²) in [6.45, 7) is 3.79. The largest absolute Gasteiger partial charge is 0.271 e. The Morgan fingerprint density at radius 3 is 2.53 bits per heavy atom. The van der Waals surface area contributed by atoms with E-state index < -0.39 is 0 Å². The SMILES string of the molecule is Cc1ccc(C(NN)c2ccc(C)c(F)c2)s1. The Morgan fingerprint density at radius 1 is 1.24 bits per heavy atom. The molecule has 0 amide bonds. The van der Waals surface area contributed by atoms with Crippen LogP contribution in [0.15, 0.2) is 30.3 Å². The molecule has 4 heteroatoms. The quantitative estimate of drug-likeness (QED) is 0.649. The van der Waals surface area contributed by atoms with Gasteiger partial charge in [0.2, 0.25) is 0 Å². The fourth-order valence-corrected chi connectivity index (χ4v) is 2.71. The number of thiophene rings is 1. The predicted octanol–water partition coefficient (Wildman–Crippen LogP) is 3.06. The minimum Gasteiger partial charge on any atom is -0.271 e. The lowest BCUT2D eigenvalue weighted by atomic mass is 10.0. The van der Waals surface area contributed by atoms with Gasteiger partial charge in [-0.15, -0.1) is 11.3 Å². The van der Waals surface area contributed by atoms with Gasteiger partial charge in [-0.2, -0.15) is 0 Å². The maximum Gasteiger partial charge on any atom is 0.126 e. The number of aryl methyl sites for hydroxylation is 2. The minimum absolute atomic E-state index is 0.149. The lowest BCUT2D eigenvalue weighted by molar-refractivity contribution is 0.602. The molecule has 90 valence electrons. The second kappa shape index (κ2) is 4.96. The Hall–Kier alpha value is -1.23. The third-order valence-corrected chi connectivity index (χ3v) is 3.81. The van der Waals surface area contributed by atoms with Crippen molar-refractivity contribution in [3.63, 3.8) is 0 Å². The lowest BCUT2D eigenvalue weighted by Gasteiger charge is -2.15. The molecular weight excluding hydrogens is 235 g/mol. The number of halogens is 1. The van der Waals surface area contributed by atoms with Crippen LogP contribution in [0.1, 0.15) is 26.9 Å². The van der Waals surface area contributed by atoms with Crippen molar-refractivity contribution in [3.05, 3.63) is 57.0 Å². The second-order valence-electron chi connectivity index (χ2n) is 4.06. The van der Waals surface area contributed by atoms with Crippen LogP contribution in [0.4, 0.5) is 4.39 Å². The average molecular weight is 250 g/mol. The van der Waals surface area contributed by atoms with Crippen LogP contribution in [0.3, 0.4) is 0 Å². The molecule has 2 nitrogen and oxygen atoms in total. The fraction of sp³-hybridized carbons (Fsp3) is 0.231. The van der Waals surface area contributed by atoms with Crippen LogP contribution < -0.4 is 11.3 Å². The Morgan fingerprint density at radius 2 is 2.00 bits per heavy atom. The van der Waals surface area contributed by atoms with Gasteiger partial charge in [0, 0.05) is 9.75 Å². The van der Waals surface area contributed by atoms with Crippen molar-refractivity contribution in [3.8, 4) is 0 Å². The number of nitrogens with two attached hydrogens (primary N) is 1. The third-order valence-electron chi connectivity index (χ3n) is 2.74. The highest BCUT2D eigenvalue weighted by Crippen LogP contribution is 2.28. The maximum absolute atomic E-state index is 13.5. The van der Waals surface area contributed by atoms with Gasteiger partial charge in [0.05, 0.1) is 6.04 Å². The van der Waals surface area contributed by atoms with Crippen molar-refractivity contribution in [1.29, 1.82) is 0 Å². The molecule has 2 rings (SSSR count). The van der Waals surface area contributed by atoms with E-state index in [1.165, 1.54) is 10.9 Å². The monoisotopic (exact) mass is 250 g/mol. The van der Waals surface area contributed by atoms with E-state index in [1.807, 2.05) is 25.1 Å². The number of benzene rings is 1. The van der Waals surface area contributed by atoms with E-state index in [0.29, 0.717) is 5.56 Å². The van der Waals surface area contributed by atoms with E-state index >= 15 is 0 Å². The topological polar surface area (TPSA) is 38.0 Å². The zero-order valence-electron chi connectivity index (χ0n) is 9.83. The molecule has 2 aromatic rings. The molecular formula is C13H15FN2S. The van der Waals surface area contributed by atoms with Gasteiger partial charge < -0.3 is 0 Å². The second-order valence-corrected chi connectivity index (χ2v) is 5.38. The summed E-state index contributed by atoms with van der Waals surface area (Å²) in [5.41, 5.74) is 4.23. The van der Waals surface area contributed by atoms with Crippen molar-refractivity contribution < 1.29 is 4.39 Å². The summed E-state index contributed by atoms with van der Waals surface area (Å²) in [7, 11) is 0. The highest BCUT2D eigenvalue weighted by atomic mass is 32.1. The van der Waals surface area contributed by atoms with E-state index in [4.69, 9.17) is 5.84 Å². The first-order chi connectivity index (χ1) is 8.11. The summed E-state index contributed by atoms with van der Waals surface area (Å²) < 4.78 is 13.5. The first-order valence-electron chi connectivity index (χ1n) is 5.40. The summed E-state index contributed by atoms with van der Waals surface area (Å²) >= 11 is 1.66. The molecule has 3 N–H and O–H groups in total. The van der Waals surface area contributed by atoms with Crippen LogP contribution in [-0.2, 0) is 0 Å². The number of hydrogen-bond acceptors (Lipinski definition) is 3. The molecule has 0 spiro atoms. The average Bonchev–Trinajstić information content (AvgIpc) is 2.71. The molecule has 0 saturated heterocycles. The summed E-state index contributed by atoms with van der Waals surface area (Å²) in [5.74, 6) is 5.37. The number of nitrogens with one attached hydrogen (secondary N) is 1. The Kier molecular flexibility index (Phi) is 3.57. The molecule has 1 aromatic heterocycles. The predicted molar refractivity (Wildman–Crippen MR) is 69.4 cm³/mol. The van der Waals surface area contributed by atoms with E-state index in [9.17, 15) is 4.39 Å². The van der Waals surface area contributed by atoms with Crippen LogP contribution in [0.2, 0.25) is 0 Å². The van der Waals surface area contributed by atoms with Gasteiger partial charge in [-0.3, -0.25) is 5.84 Å². The van der Waals surface area contributed by atoms with E-state index in [2.05, 4.69) is 5.43 Å². The van der Waals surface area contributed by atoms with Gasteiger partial charge in [0.1, 0.15) is 5.82 Å². The van der Waals surface area contributed by atoms with Gasteiger partial charge in [-0.25, -0.2) is 9.82 Å². The van der Waals surface area contributed by atoms with Gasteiger partial charge in [-0.05, 0) is 43.2 Å². The van der Waals surface area contributed by atoms with Crippen LogP contribution >= 0.6 is 11.3 Å². The van der Waals surface area contributed by atoms with E-state index in [1.54, 1.807) is 24.3 Å². The summed E-state index contributed by atoms with van der Waals surface area (Å²) in [6, 6.07) is 9.11. The molecule has 0 bridgehead atoms. The Balaban J connectivity index is 2.38. The van der Waals surface area contributed by atoms with Gasteiger partial charge in [-0.1, -0.05) is 12.1 Å². The minimum atomic E-state index is -0.198. The van der Waals surface area contributed by atoms with Crippen molar-refractivity contribution in [1.82, 2.24) is 5.43 Å². The van der Waals surface area contributed by atoms with Crippen molar-refractivity contribution in [2.75, 3.05) is 0 Å². The van der Waals surface area contributed by atoms with Gasteiger partial charge >= 0.3 is 0 Å². The molecule has 0 aliphatic rings. The van der Waals surface area contributed by atoms with Crippen molar-refractivity contribution in [2.45, 2.75) is 19.9 Å². The highest BCUT2D eigenvalue weighted by molar-refractivity contribution is 7.12. The number of hydrogen-bond donors (Lipinski definition) is 2. The molecule has 0 aliphatic heterocycles. The molecule has 0 saturated carbocycles. The van der Waals surface area contributed by atoms with E-state index in [-0.39, 0.29) is 11.9 Å². The molecule has 1 unspecified atom stereocenters. The summed E-state index contributed by atoms with van der Waals surface area (Å²) in [4.78, 5) is 2.31. The highest BCUT2D eigenvalue weighted by Gasteiger charge is 2.15. The molecule has 1 atom stereocenters. The van der Waals surface area contributed by atoms with Crippen LogP contribution in [-0.4, -0.2) is 0 Å². The third kappa shape index (κ3) is 2.54. The fourth-order valence-electron chi connectivity index (χ4n) is 1.74. The zero-order chi connectivity index (χ0) is 12.4. The normalized spacial score (nSPS) is 12.7. The number of rotatable bonds is 3. The first-order valence-corrected chi connectivity index (χ1v) is 6.22. The van der Waals surface area contributed by atoms with E-state index in [0.717, 1.165) is 10.4 Å². The molecule has 0 aliphatic carbocycles. The molecule has 0 fully saturated rings. The van der Waals surface area contributed by atoms with Crippen LogP contribution in [0.25, 0.3) is 0 Å². The van der Waals surface area contributed by atoms with Crippen molar-refractivity contribution in [2.24, 2.45) is 5.84 Å². The standard InChI is InChI=1S/C13H15FN2S/c1-8-3-5-10(7-11(8)14)13(16-15)12-6-4-9(2)17-12/h3-7,13,16H,15H2,1-2H3. The molecule has 1 aromatic carbocycles. The maximum atomic E-state index is 13.5. The Bertz CT molecular complexity index is 522. The first kappa shape index (κ1) is 12.2. The summed E-state index contributed by atoms with van der Waals surface area (Å²) in [5, 5.41) is 0. The van der Waals surface area contributed by atoms with Crippen molar-refractivity contribution >= 4 is 11.3 Å². The smallest absolute Gasteiger partial charge is 0.126 e. The van der Waals surface area contributed by atoms with Crippen LogP contribution in [0, 0.1) is 19.7 Å². The number of hydrazine groups is 1. The van der Waals surface area contributed by atoms with Gasteiger partial charge in [0.15, 0.2) is 0 Å². The molecule has 0 radical (unpaired) electrons. The molecule has 17 heavy (non-hydrogen) atoms. The molecule has 1 heterocycles. The lowest BCUT2D eigenvalue weighted by Crippen LogP contribution is -2.28. The zero-order valence-corrected chi connectivity index (χ0v) is 10.6. The summed E-state index contributed by atoms with van der Waals surface area (Å²) in [6.07, 6.45) is 0.